The normalized spacial score (nSPS) is 10.9. The highest BCUT2D eigenvalue weighted by Crippen LogP contribution is 2.27. The molecule has 4 heteroatoms. The van der Waals surface area contributed by atoms with Gasteiger partial charge < -0.3 is 14.5 Å². The van der Waals surface area contributed by atoms with Crippen molar-refractivity contribution >= 4 is 16.7 Å². The lowest BCUT2D eigenvalue weighted by Gasteiger charge is -2.05. The van der Waals surface area contributed by atoms with Gasteiger partial charge in [0.2, 0.25) is 0 Å². The Morgan fingerprint density at radius 1 is 0.963 bits per heavy atom. The van der Waals surface area contributed by atoms with E-state index in [1.165, 1.54) is 5.56 Å². The Bertz CT molecular complexity index is 1020. The second kappa shape index (κ2) is 7.96. The lowest BCUT2D eigenvalue weighted by Crippen LogP contribution is -2.01. The first-order chi connectivity index (χ1) is 13.3. The average molecular weight is 358 g/mol. The molecule has 0 fully saturated rings. The van der Waals surface area contributed by atoms with Gasteiger partial charge in [-0.2, -0.15) is 0 Å². The van der Waals surface area contributed by atoms with Gasteiger partial charge in [0.15, 0.2) is 5.88 Å². The van der Waals surface area contributed by atoms with E-state index in [0.29, 0.717) is 0 Å². The molecule has 0 aliphatic heterocycles. The number of methoxy groups -OCH3 is 1. The Kier molecular flexibility index (Phi) is 5.06. The van der Waals surface area contributed by atoms with Gasteiger partial charge in [-0.25, -0.2) is 0 Å². The Balaban J connectivity index is 1.33. The number of hydrogen-bond acceptors (Lipinski definition) is 4. The number of anilines is 1. The lowest BCUT2D eigenvalue weighted by molar-refractivity contribution is 0.414. The van der Waals surface area contributed by atoms with Gasteiger partial charge in [-0.05, 0) is 54.1 Å². The van der Waals surface area contributed by atoms with E-state index < -0.39 is 0 Å². The molecule has 1 N–H and O–H groups in total. The number of benzene rings is 2. The van der Waals surface area contributed by atoms with Crippen LogP contribution in [0.1, 0.15) is 12.0 Å². The van der Waals surface area contributed by atoms with Crippen molar-refractivity contribution in [1.82, 2.24) is 4.98 Å². The van der Waals surface area contributed by atoms with Crippen molar-refractivity contribution in [3.05, 3.63) is 78.6 Å². The van der Waals surface area contributed by atoms with Crippen LogP contribution in [-0.4, -0.2) is 18.6 Å². The summed E-state index contributed by atoms with van der Waals surface area (Å²) in [5.74, 6) is 2.56. The summed E-state index contributed by atoms with van der Waals surface area (Å²) in [6, 6.07) is 20.5. The zero-order valence-corrected chi connectivity index (χ0v) is 15.3. The van der Waals surface area contributed by atoms with Gasteiger partial charge in [-0.3, -0.25) is 4.98 Å². The standard InChI is InChI=1S/C23H22N2O2/c1-26-21-8-4-17(5-9-21)3-2-13-25-23-11-10-22(27-23)19-6-7-20-16-24-14-12-18(20)15-19/h4-12,14-16,25H,2-3,13H2,1H3. The Morgan fingerprint density at radius 3 is 2.70 bits per heavy atom. The van der Waals surface area contributed by atoms with Crippen LogP contribution in [0, 0.1) is 0 Å². The minimum Gasteiger partial charge on any atom is -0.497 e. The van der Waals surface area contributed by atoms with Gasteiger partial charge in [0.25, 0.3) is 0 Å². The molecule has 2 aromatic heterocycles. The molecule has 4 rings (SSSR count). The van der Waals surface area contributed by atoms with Crippen LogP contribution in [0.5, 0.6) is 5.75 Å². The first kappa shape index (κ1) is 17.2. The maximum absolute atomic E-state index is 5.96. The molecule has 0 spiro atoms. The van der Waals surface area contributed by atoms with Crippen molar-refractivity contribution in [3.8, 4) is 17.1 Å². The Hall–Kier alpha value is -3.27. The van der Waals surface area contributed by atoms with Gasteiger partial charge in [0.05, 0.1) is 7.11 Å². The highest BCUT2D eigenvalue weighted by atomic mass is 16.5. The predicted octanol–water partition coefficient (Wildman–Crippen LogP) is 5.55. The van der Waals surface area contributed by atoms with E-state index in [1.54, 1.807) is 7.11 Å². The SMILES string of the molecule is COc1ccc(CCCNc2ccc(-c3ccc4cnccc4c3)o2)cc1. The molecule has 0 aliphatic rings. The highest BCUT2D eigenvalue weighted by Gasteiger charge is 2.06. The van der Waals surface area contributed by atoms with Crippen LogP contribution in [0.25, 0.3) is 22.1 Å². The smallest absolute Gasteiger partial charge is 0.193 e. The molecule has 0 amide bonds. The topological polar surface area (TPSA) is 47.3 Å². The van der Waals surface area contributed by atoms with Crippen LogP contribution in [0.3, 0.4) is 0 Å². The summed E-state index contributed by atoms with van der Waals surface area (Å²) in [5.41, 5.74) is 2.38. The number of furan rings is 1. The van der Waals surface area contributed by atoms with Gasteiger partial charge in [-0.1, -0.05) is 24.3 Å². The summed E-state index contributed by atoms with van der Waals surface area (Å²) in [7, 11) is 1.69. The molecule has 4 nitrogen and oxygen atoms in total. The van der Waals surface area contributed by atoms with Crippen LogP contribution in [-0.2, 0) is 6.42 Å². The fourth-order valence-corrected chi connectivity index (χ4v) is 3.12. The number of nitrogens with one attached hydrogen (secondary N) is 1. The largest absolute Gasteiger partial charge is 0.497 e. The fourth-order valence-electron chi connectivity index (χ4n) is 3.12. The number of pyridine rings is 1. The number of aryl methyl sites for hydroxylation is 1. The Morgan fingerprint density at radius 2 is 1.85 bits per heavy atom. The third kappa shape index (κ3) is 4.11. The fraction of sp³-hybridized carbons (Fsp3) is 0.174. The first-order valence-corrected chi connectivity index (χ1v) is 9.12. The van der Waals surface area contributed by atoms with Crippen LogP contribution in [0.15, 0.2) is 77.5 Å². The molecule has 2 aromatic carbocycles. The number of ether oxygens (including phenoxy) is 1. The monoisotopic (exact) mass is 358 g/mol. The quantitative estimate of drug-likeness (QED) is 0.440. The summed E-state index contributed by atoms with van der Waals surface area (Å²) in [4.78, 5) is 4.15. The number of aromatic nitrogens is 1. The molecule has 0 radical (unpaired) electrons. The summed E-state index contributed by atoms with van der Waals surface area (Å²) in [5, 5.41) is 5.65. The molecule has 27 heavy (non-hydrogen) atoms. The van der Waals surface area contributed by atoms with E-state index >= 15 is 0 Å². The number of fused-ring (bicyclic) bond motifs is 1. The molecule has 2 heterocycles. The van der Waals surface area contributed by atoms with Crippen molar-refractivity contribution in [2.24, 2.45) is 0 Å². The second-order valence-corrected chi connectivity index (χ2v) is 6.48. The molecule has 4 aromatic rings. The van der Waals surface area contributed by atoms with E-state index in [9.17, 15) is 0 Å². The van der Waals surface area contributed by atoms with E-state index in [-0.39, 0.29) is 0 Å². The molecule has 0 bridgehead atoms. The Labute approximate surface area is 158 Å². The van der Waals surface area contributed by atoms with Crippen LogP contribution < -0.4 is 10.1 Å². The van der Waals surface area contributed by atoms with Crippen LogP contribution in [0.2, 0.25) is 0 Å². The average Bonchev–Trinajstić information content (AvgIpc) is 3.20. The lowest BCUT2D eigenvalue weighted by atomic mass is 10.1. The van der Waals surface area contributed by atoms with Gasteiger partial charge in [0, 0.05) is 36.0 Å². The van der Waals surface area contributed by atoms with Gasteiger partial charge >= 0.3 is 0 Å². The van der Waals surface area contributed by atoms with E-state index in [2.05, 4.69) is 40.6 Å². The number of nitrogens with zero attached hydrogens (tertiary/aromatic N) is 1. The second-order valence-electron chi connectivity index (χ2n) is 6.48. The number of hydrogen-bond donors (Lipinski definition) is 1. The van der Waals surface area contributed by atoms with Gasteiger partial charge in [0.1, 0.15) is 11.5 Å². The highest BCUT2D eigenvalue weighted by molar-refractivity contribution is 5.85. The van der Waals surface area contributed by atoms with Crippen molar-refractivity contribution in [2.75, 3.05) is 19.0 Å². The summed E-state index contributed by atoms with van der Waals surface area (Å²) >= 11 is 0. The van der Waals surface area contributed by atoms with Crippen LogP contribution >= 0.6 is 0 Å². The molecule has 0 unspecified atom stereocenters. The van der Waals surface area contributed by atoms with E-state index in [0.717, 1.165) is 53.1 Å². The van der Waals surface area contributed by atoms with Crippen molar-refractivity contribution in [2.45, 2.75) is 12.8 Å². The summed E-state index contributed by atoms with van der Waals surface area (Å²) in [6.45, 7) is 0.863. The van der Waals surface area contributed by atoms with Crippen molar-refractivity contribution in [1.29, 1.82) is 0 Å². The van der Waals surface area contributed by atoms with Crippen molar-refractivity contribution < 1.29 is 9.15 Å². The predicted molar refractivity (Wildman–Crippen MR) is 109 cm³/mol. The zero-order chi connectivity index (χ0) is 18.5. The molecular weight excluding hydrogens is 336 g/mol. The minimum absolute atomic E-state index is 0.801. The van der Waals surface area contributed by atoms with E-state index in [4.69, 9.17) is 9.15 Å². The molecule has 0 atom stereocenters. The molecule has 0 aliphatic carbocycles. The molecule has 0 saturated carbocycles. The summed E-state index contributed by atoms with van der Waals surface area (Å²) in [6.07, 6.45) is 5.73. The maximum atomic E-state index is 5.96. The van der Waals surface area contributed by atoms with Crippen LogP contribution in [0.4, 0.5) is 5.88 Å². The third-order valence-electron chi connectivity index (χ3n) is 4.63. The van der Waals surface area contributed by atoms with Crippen molar-refractivity contribution in [3.63, 3.8) is 0 Å². The zero-order valence-electron chi connectivity index (χ0n) is 15.3. The van der Waals surface area contributed by atoms with E-state index in [1.807, 2.05) is 42.7 Å². The maximum Gasteiger partial charge on any atom is 0.193 e. The number of rotatable bonds is 7. The first-order valence-electron chi connectivity index (χ1n) is 9.12. The molecular formula is C23H22N2O2. The third-order valence-corrected chi connectivity index (χ3v) is 4.63. The van der Waals surface area contributed by atoms with Gasteiger partial charge in [-0.15, -0.1) is 0 Å². The molecule has 136 valence electrons. The minimum atomic E-state index is 0.801. The molecule has 0 saturated heterocycles. The summed E-state index contributed by atoms with van der Waals surface area (Å²) < 4.78 is 11.1.